The molecule has 2 rings (SSSR count). The summed E-state index contributed by atoms with van der Waals surface area (Å²) in [4.78, 5) is 12.1. The van der Waals surface area contributed by atoms with Crippen molar-refractivity contribution in [2.75, 3.05) is 11.1 Å². The Morgan fingerprint density at radius 2 is 2.16 bits per heavy atom. The maximum Gasteiger partial charge on any atom is 0.340 e. The van der Waals surface area contributed by atoms with Gasteiger partial charge in [-0.25, -0.2) is 9.18 Å². The molecule has 0 radical (unpaired) electrons. The van der Waals surface area contributed by atoms with Crippen LogP contribution in [0.2, 0.25) is 0 Å². The number of rotatable bonds is 4. The molecule has 4 nitrogen and oxygen atoms in total. The van der Waals surface area contributed by atoms with Crippen LogP contribution in [0.1, 0.15) is 15.2 Å². The fourth-order valence-corrected chi connectivity index (χ4v) is 3.02. The number of benzene rings is 1. The first-order valence-corrected chi connectivity index (χ1v) is 6.89. The van der Waals surface area contributed by atoms with E-state index < -0.39 is 11.8 Å². The van der Waals surface area contributed by atoms with Crippen molar-refractivity contribution in [3.8, 4) is 0 Å². The van der Waals surface area contributed by atoms with Crippen molar-refractivity contribution in [1.82, 2.24) is 0 Å². The van der Waals surface area contributed by atoms with Crippen LogP contribution in [0.15, 0.2) is 28.1 Å². The highest BCUT2D eigenvalue weighted by atomic mass is 79.9. The molecular formula is C12H10BrFN2O2S. The molecule has 0 unspecified atom stereocenters. The minimum absolute atomic E-state index is 0.240. The van der Waals surface area contributed by atoms with E-state index in [2.05, 4.69) is 21.2 Å². The van der Waals surface area contributed by atoms with Gasteiger partial charge >= 0.3 is 5.97 Å². The zero-order chi connectivity index (χ0) is 14.0. The van der Waals surface area contributed by atoms with E-state index in [1.54, 1.807) is 0 Å². The monoisotopic (exact) mass is 344 g/mol. The molecule has 0 atom stereocenters. The van der Waals surface area contributed by atoms with E-state index in [1.165, 1.54) is 17.4 Å². The Balaban J connectivity index is 2.25. The van der Waals surface area contributed by atoms with Gasteiger partial charge in [0.15, 0.2) is 0 Å². The Hall–Kier alpha value is -1.60. The average molecular weight is 345 g/mol. The molecule has 0 aliphatic heterocycles. The van der Waals surface area contributed by atoms with Crippen molar-refractivity contribution in [3.63, 3.8) is 0 Å². The van der Waals surface area contributed by atoms with Gasteiger partial charge in [0.25, 0.3) is 0 Å². The molecule has 1 heterocycles. The lowest BCUT2D eigenvalue weighted by molar-refractivity contribution is 0.0698. The number of thiophene rings is 1. The quantitative estimate of drug-likeness (QED) is 0.741. The minimum Gasteiger partial charge on any atom is -0.478 e. The van der Waals surface area contributed by atoms with Crippen molar-refractivity contribution in [3.05, 3.63) is 44.3 Å². The van der Waals surface area contributed by atoms with Gasteiger partial charge in [-0.2, -0.15) is 0 Å². The van der Waals surface area contributed by atoms with Crippen LogP contribution >= 0.6 is 27.3 Å². The van der Waals surface area contributed by atoms with Crippen LogP contribution in [-0.4, -0.2) is 11.1 Å². The van der Waals surface area contributed by atoms with E-state index in [-0.39, 0.29) is 11.3 Å². The minimum atomic E-state index is -1.26. The molecule has 0 bridgehead atoms. The van der Waals surface area contributed by atoms with E-state index >= 15 is 0 Å². The van der Waals surface area contributed by atoms with Crippen LogP contribution in [0.5, 0.6) is 0 Å². The summed E-state index contributed by atoms with van der Waals surface area (Å²) in [5.74, 6) is -1.99. The van der Waals surface area contributed by atoms with Gasteiger partial charge in [0, 0.05) is 11.4 Å². The van der Waals surface area contributed by atoms with Crippen LogP contribution in [0.25, 0.3) is 0 Å². The molecule has 0 aliphatic carbocycles. The van der Waals surface area contributed by atoms with Crippen molar-refractivity contribution < 1.29 is 14.3 Å². The van der Waals surface area contributed by atoms with E-state index in [0.29, 0.717) is 12.2 Å². The molecule has 0 aliphatic rings. The molecule has 1 aromatic heterocycles. The first kappa shape index (κ1) is 13.8. The number of anilines is 2. The third kappa shape index (κ3) is 3.05. The van der Waals surface area contributed by atoms with Gasteiger partial charge in [0.1, 0.15) is 11.4 Å². The van der Waals surface area contributed by atoms with Gasteiger partial charge in [0.2, 0.25) is 0 Å². The van der Waals surface area contributed by atoms with Crippen LogP contribution in [0, 0.1) is 5.82 Å². The first-order valence-electron chi connectivity index (χ1n) is 5.28. The lowest BCUT2D eigenvalue weighted by atomic mass is 10.1. The summed E-state index contributed by atoms with van der Waals surface area (Å²) in [6.45, 7) is 0.446. The second kappa shape index (κ2) is 5.58. The summed E-state index contributed by atoms with van der Waals surface area (Å²) in [6.07, 6.45) is 0. The predicted molar refractivity (Wildman–Crippen MR) is 77.1 cm³/mol. The van der Waals surface area contributed by atoms with Crippen molar-refractivity contribution >= 4 is 44.6 Å². The van der Waals surface area contributed by atoms with Gasteiger partial charge in [-0.3, -0.25) is 0 Å². The standard InChI is InChI=1S/C12H10BrFN2O2S/c13-9-4-1-6(19-9)5-16-8-3-2-7(14)11(15)10(8)12(17)18/h1-4,16H,5,15H2,(H,17,18). The number of nitrogen functional groups attached to an aromatic ring is 1. The van der Waals surface area contributed by atoms with Crippen LogP contribution in [-0.2, 0) is 6.54 Å². The van der Waals surface area contributed by atoms with Gasteiger partial charge in [-0.15, -0.1) is 11.3 Å². The Labute approximate surface area is 121 Å². The Morgan fingerprint density at radius 3 is 2.74 bits per heavy atom. The van der Waals surface area contributed by atoms with Crippen LogP contribution in [0.3, 0.4) is 0 Å². The summed E-state index contributed by atoms with van der Waals surface area (Å²) in [5, 5.41) is 12.0. The number of nitrogens with two attached hydrogens (primary N) is 1. The van der Waals surface area contributed by atoms with Gasteiger partial charge in [-0.05, 0) is 40.2 Å². The number of carboxylic acid groups (broad SMARTS) is 1. The molecule has 0 saturated carbocycles. The fraction of sp³-hybridized carbons (Fsp3) is 0.0833. The number of hydrogen-bond acceptors (Lipinski definition) is 4. The van der Waals surface area contributed by atoms with Crippen LogP contribution in [0.4, 0.5) is 15.8 Å². The topological polar surface area (TPSA) is 75.3 Å². The summed E-state index contributed by atoms with van der Waals surface area (Å²) < 4.78 is 14.3. The molecule has 0 saturated heterocycles. The predicted octanol–water partition coefficient (Wildman–Crippen LogP) is 3.54. The summed E-state index contributed by atoms with van der Waals surface area (Å²) in [7, 11) is 0. The maximum atomic E-state index is 13.3. The smallest absolute Gasteiger partial charge is 0.340 e. The molecule has 0 spiro atoms. The van der Waals surface area contributed by atoms with Gasteiger partial charge in [0.05, 0.1) is 15.2 Å². The number of nitrogens with one attached hydrogen (secondary N) is 1. The summed E-state index contributed by atoms with van der Waals surface area (Å²) in [5.41, 5.74) is 5.16. The highest BCUT2D eigenvalue weighted by Gasteiger charge is 2.17. The van der Waals surface area contributed by atoms with E-state index in [0.717, 1.165) is 14.7 Å². The SMILES string of the molecule is Nc1c(F)ccc(NCc2ccc(Br)s2)c1C(=O)O. The third-order valence-corrected chi connectivity index (χ3v) is 4.11. The maximum absolute atomic E-state index is 13.3. The van der Waals surface area contributed by atoms with E-state index in [9.17, 15) is 9.18 Å². The molecule has 2 aromatic rings. The Bertz CT molecular complexity index is 630. The van der Waals surface area contributed by atoms with Crippen molar-refractivity contribution in [2.45, 2.75) is 6.54 Å². The van der Waals surface area contributed by atoms with Crippen LogP contribution < -0.4 is 11.1 Å². The molecule has 100 valence electrons. The molecule has 7 heteroatoms. The number of carbonyl (C=O) groups is 1. The Morgan fingerprint density at radius 1 is 1.42 bits per heavy atom. The van der Waals surface area contributed by atoms with E-state index in [1.807, 2.05) is 12.1 Å². The molecule has 1 aromatic carbocycles. The average Bonchev–Trinajstić information content (AvgIpc) is 2.76. The van der Waals surface area contributed by atoms with Gasteiger partial charge in [-0.1, -0.05) is 0 Å². The number of hydrogen-bond donors (Lipinski definition) is 3. The van der Waals surface area contributed by atoms with Crippen molar-refractivity contribution in [1.29, 1.82) is 0 Å². The number of carboxylic acids is 1. The number of aromatic carboxylic acids is 1. The highest BCUT2D eigenvalue weighted by Crippen LogP contribution is 2.27. The molecule has 0 fully saturated rings. The molecule has 4 N–H and O–H groups in total. The van der Waals surface area contributed by atoms with Crippen molar-refractivity contribution in [2.24, 2.45) is 0 Å². The zero-order valence-corrected chi connectivity index (χ0v) is 12.0. The first-order chi connectivity index (χ1) is 8.99. The Kier molecular flexibility index (Phi) is 4.06. The fourth-order valence-electron chi connectivity index (χ4n) is 1.60. The summed E-state index contributed by atoms with van der Waals surface area (Å²) >= 11 is 4.87. The molecule has 0 amide bonds. The lowest BCUT2D eigenvalue weighted by Gasteiger charge is -2.11. The lowest BCUT2D eigenvalue weighted by Crippen LogP contribution is -2.10. The molecular weight excluding hydrogens is 335 g/mol. The second-order valence-electron chi connectivity index (χ2n) is 3.75. The largest absolute Gasteiger partial charge is 0.478 e. The van der Waals surface area contributed by atoms with Gasteiger partial charge < -0.3 is 16.2 Å². The molecule has 19 heavy (non-hydrogen) atoms. The highest BCUT2D eigenvalue weighted by molar-refractivity contribution is 9.11. The number of halogens is 2. The zero-order valence-electron chi connectivity index (χ0n) is 9.61. The summed E-state index contributed by atoms with van der Waals surface area (Å²) in [6, 6.07) is 6.33. The second-order valence-corrected chi connectivity index (χ2v) is 6.30. The van der Waals surface area contributed by atoms with E-state index in [4.69, 9.17) is 10.8 Å². The normalized spacial score (nSPS) is 10.4. The third-order valence-electron chi connectivity index (χ3n) is 2.49.